The minimum absolute atomic E-state index is 0.0229. The van der Waals surface area contributed by atoms with Crippen LogP contribution in [-0.4, -0.2) is 64.6 Å². The van der Waals surface area contributed by atoms with E-state index in [0.717, 1.165) is 19.2 Å². The fourth-order valence-electron chi connectivity index (χ4n) is 3.97. The molecule has 0 atom stereocenters. The van der Waals surface area contributed by atoms with Gasteiger partial charge in [0.1, 0.15) is 11.5 Å². The molecule has 0 bridgehead atoms. The molecule has 38 heavy (non-hydrogen) atoms. The summed E-state index contributed by atoms with van der Waals surface area (Å²) in [6, 6.07) is 8.54. The van der Waals surface area contributed by atoms with Crippen LogP contribution in [0.5, 0.6) is 0 Å². The zero-order valence-corrected chi connectivity index (χ0v) is 20.6. The highest BCUT2D eigenvalue weighted by Gasteiger charge is 2.34. The highest BCUT2D eigenvalue weighted by Crippen LogP contribution is 2.34. The molecule has 1 aliphatic rings. The molecule has 3 heterocycles. The molecule has 11 heteroatoms. The standard InChI is InChI=1S/C27H26F3N7O/c1-36-9-11-37(12-10-36)17-19-5-6-21(14-23(19)27(28,29)30)35-26(38)20-13-18(15-33-16-20)4-7-24(31)22-3-2-8-34-25(22)32/h2-3,5-6,8,13-16,31H,9-12,17H2,1H3,(H2,32,34)(H,35,38). The molecule has 0 radical (unpaired) electrons. The van der Waals surface area contributed by atoms with Gasteiger partial charge in [0, 0.05) is 62.6 Å². The molecule has 8 nitrogen and oxygen atoms in total. The molecule has 0 unspecified atom stereocenters. The van der Waals surface area contributed by atoms with E-state index in [2.05, 4.69) is 32.0 Å². The predicted octanol–water partition coefficient (Wildman–Crippen LogP) is 3.50. The highest BCUT2D eigenvalue weighted by molar-refractivity contribution is 6.13. The molecule has 1 aliphatic heterocycles. The first-order valence-corrected chi connectivity index (χ1v) is 11.8. The summed E-state index contributed by atoms with van der Waals surface area (Å²) in [5, 5.41) is 10.6. The van der Waals surface area contributed by atoms with Crippen molar-refractivity contribution in [1.29, 1.82) is 5.41 Å². The summed E-state index contributed by atoms with van der Waals surface area (Å²) in [5.74, 6) is 4.94. The van der Waals surface area contributed by atoms with Crippen molar-refractivity contribution in [3.8, 4) is 11.8 Å². The van der Waals surface area contributed by atoms with Crippen molar-refractivity contribution < 1.29 is 18.0 Å². The summed E-state index contributed by atoms with van der Waals surface area (Å²) in [7, 11) is 1.98. The number of piperazine rings is 1. The Morgan fingerprint density at radius 2 is 1.92 bits per heavy atom. The topological polar surface area (TPSA) is 111 Å². The monoisotopic (exact) mass is 521 g/mol. The zero-order valence-electron chi connectivity index (χ0n) is 20.6. The number of aromatic nitrogens is 2. The van der Waals surface area contributed by atoms with E-state index < -0.39 is 17.6 Å². The van der Waals surface area contributed by atoms with E-state index in [9.17, 15) is 18.0 Å². The zero-order chi connectivity index (χ0) is 27.3. The fourth-order valence-corrected chi connectivity index (χ4v) is 3.97. The summed E-state index contributed by atoms with van der Waals surface area (Å²) < 4.78 is 41.6. The van der Waals surface area contributed by atoms with Crippen LogP contribution < -0.4 is 11.1 Å². The van der Waals surface area contributed by atoms with E-state index in [4.69, 9.17) is 11.1 Å². The number of alkyl halides is 3. The molecule has 3 aromatic rings. The number of nitrogens with one attached hydrogen (secondary N) is 2. The van der Waals surface area contributed by atoms with Gasteiger partial charge in [0.2, 0.25) is 0 Å². The minimum atomic E-state index is -4.57. The van der Waals surface area contributed by atoms with Crippen molar-refractivity contribution in [3.63, 3.8) is 0 Å². The second-order valence-electron chi connectivity index (χ2n) is 8.93. The van der Waals surface area contributed by atoms with Crippen LogP contribution in [0.3, 0.4) is 0 Å². The van der Waals surface area contributed by atoms with Gasteiger partial charge in [0.15, 0.2) is 0 Å². The number of amides is 1. The van der Waals surface area contributed by atoms with Crippen molar-refractivity contribution in [2.75, 3.05) is 44.3 Å². The maximum absolute atomic E-state index is 13.9. The van der Waals surface area contributed by atoms with Crippen molar-refractivity contribution in [2.24, 2.45) is 0 Å². The molecule has 0 aliphatic carbocycles. The van der Waals surface area contributed by atoms with Crippen LogP contribution in [0.25, 0.3) is 0 Å². The van der Waals surface area contributed by atoms with Crippen LogP contribution in [-0.2, 0) is 12.7 Å². The van der Waals surface area contributed by atoms with Gasteiger partial charge in [-0.05, 0) is 48.9 Å². The number of pyridine rings is 2. The number of carbonyl (C=O) groups is 1. The molecular weight excluding hydrogens is 495 g/mol. The Bertz CT molecular complexity index is 1400. The Hall–Kier alpha value is -4.27. The molecule has 1 aromatic carbocycles. The molecule has 1 fully saturated rings. The maximum atomic E-state index is 13.9. The Morgan fingerprint density at radius 1 is 1.16 bits per heavy atom. The van der Waals surface area contributed by atoms with Gasteiger partial charge >= 0.3 is 6.18 Å². The smallest absolute Gasteiger partial charge is 0.383 e. The summed E-state index contributed by atoms with van der Waals surface area (Å²) in [6.45, 7) is 3.15. The molecular formula is C27H26F3N7O. The number of rotatable bonds is 5. The lowest BCUT2D eigenvalue weighted by atomic mass is 10.0. The molecule has 0 spiro atoms. The van der Waals surface area contributed by atoms with Crippen LogP contribution in [0, 0.1) is 17.3 Å². The van der Waals surface area contributed by atoms with Crippen LogP contribution in [0.2, 0.25) is 0 Å². The van der Waals surface area contributed by atoms with Crippen molar-refractivity contribution in [1.82, 2.24) is 19.8 Å². The number of nitrogen functional groups attached to an aromatic ring is 1. The van der Waals surface area contributed by atoms with Gasteiger partial charge in [-0.3, -0.25) is 20.1 Å². The number of benzene rings is 1. The van der Waals surface area contributed by atoms with E-state index in [1.54, 1.807) is 12.1 Å². The quantitative estimate of drug-likeness (QED) is 0.350. The maximum Gasteiger partial charge on any atom is 0.416 e. The lowest BCUT2D eigenvalue weighted by Gasteiger charge is -2.33. The third-order valence-corrected chi connectivity index (χ3v) is 6.10. The van der Waals surface area contributed by atoms with Crippen LogP contribution >= 0.6 is 0 Å². The number of anilines is 2. The van der Waals surface area contributed by atoms with Gasteiger partial charge < -0.3 is 16.0 Å². The summed E-state index contributed by atoms with van der Waals surface area (Å²) in [6.07, 6.45) is -0.359. The van der Waals surface area contributed by atoms with Crippen LogP contribution in [0.4, 0.5) is 24.7 Å². The normalized spacial score (nSPS) is 14.4. The lowest BCUT2D eigenvalue weighted by Crippen LogP contribution is -2.44. The average molecular weight is 522 g/mol. The molecule has 4 N–H and O–H groups in total. The Labute approximate surface area is 218 Å². The van der Waals surface area contributed by atoms with E-state index in [1.165, 1.54) is 36.8 Å². The summed E-state index contributed by atoms with van der Waals surface area (Å²) in [5.41, 5.74) is 5.96. The fraction of sp³-hybridized carbons (Fsp3) is 0.259. The number of nitrogens with zero attached hydrogens (tertiary/aromatic N) is 4. The van der Waals surface area contributed by atoms with Crippen molar-refractivity contribution in [2.45, 2.75) is 12.7 Å². The van der Waals surface area contributed by atoms with Gasteiger partial charge in [0.25, 0.3) is 5.91 Å². The number of halogens is 3. The Balaban J connectivity index is 1.49. The lowest BCUT2D eigenvalue weighted by molar-refractivity contribution is -0.138. The van der Waals surface area contributed by atoms with Gasteiger partial charge in [-0.1, -0.05) is 12.0 Å². The first-order chi connectivity index (χ1) is 18.1. The largest absolute Gasteiger partial charge is 0.416 e. The summed E-state index contributed by atoms with van der Waals surface area (Å²) in [4.78, 5) is 24.8. The number of carbonyl (C=O) groups excluding carboxylic acids is 1. The van der Waals surface area contributed by atoms with Crippen LogP contribution in [0.1, 0.15) is 32.6 Å². The Morgan fingerprint density at radius 3 is 2.63 bits per heavy atom. The van der Waals surface area contributed by atoms with Crippen molar-refractivity contribution in [3.05, 3.63) is 82.8 Å². The summed E-state index contributed by atoms with van der Waals surface area (Å²) >= 11 is 0. The number of likely N-dealkylation sites (N-methyl/N-ethyl adjacent to an activating group) is 1. The molecule has 1 amide bonds. The Kier molecular flexibility index (Phi) is 8.05. The minimum Gasteiger partial charge on any atom is -0.383 e. The van der Waals surface area contributed by atoms with Gasteiger partial charge in [-0.15, -0.1) is 0 Å². The van der Waals surface area contributed by atoms with Gasteiger partial charge in [-0.2, -0.15) is 13.2 Å². The first kappa shape index (κ1) is 26.8. The molecule has 0 saturated carbocycles. The molecule has 4 rings (SSSR count). The van der Waals surface area contributed by atoms with E-state index in [-0.39, 0.29) is 34.9 Å². The average Bonchev–Trinajstić information content (AvgIpc) is 2.89. The third-order valence-electron chi connectivity index (χ3n) is 6.10. The number of hydrogen-bond donors (Lipinski definition) is 3. The van der Waals surface area contributed by atoms with Gasteiger partial charge in [-0.25, -0.2) is 4.98 Å². The second kappa shape index (κ2) is 11.4. The van der Waals surface area contributed by atoms with Crippen molar-refractivity contribution >= 4 is 23.1 Å². The van der Waals surface area contributed by atoms with Crippen LogP contribution in [0.15, 0.2) is 55.0 Å². The highest BCUT2D eigenvalue weighted by atomic mass is 19.4. The van der Waals surface area contributed by atoms with E-state index in [0.29, 0.717) is 24.2 Å². The van der Waals surface area contributed by atoms with E-state index in [1.807, 2.05) is 11.9 Å². The predicted molar refractivity (Wildman–Crippen MR) is 139 cm³/mol. The van der Waals surface area contributed by atoms with E-state index >= 15 is 0 Å². The second-order valence-corrected chi connectivity index (χ2v) is 8.93. The third kappa shape index (κ3) is 6.73. The molecule has 1 saturated heterocycles. The first-order valence-electron chi connectivity index (χ1n) is 11.8. The SMILES string of the molecule is CN1CCN(Cc2ccc(NC(=O)c3cncc(C#CC(=N)c4cccnc4N)c3)cc2C(F)(F)F)CC1. The van der Waals surface area contributed by atoms with Gasteiger partial charge in [0.05, 0.1) is 16.7 Å². The number of nitrogens with two attached hydrogens (primary N) is 1. The molecule has 2 aromatic heterocycles. The molecule has 196 valence electrons. The number of hydrogen-bond acceptors (Lipinski definition) is 7.